The van der Waals surface area contributed by atoms with Crippen LogP contribution in [0.1, 0.15) is 60.2 Å². The number of hydrogen-bond acceptors (Lipinski definition) is 3. The predicted molar refractivity (Wildman–Crippen MR) is 263 cm³/mol. The topological polar surface area (TPSA) is 41.5 Å². The lowest BCUT2D eigenvalue weighted by Gasteiger charge is -2.19. The summed E-state index contributed by atoms with van der Waals surface area (Å²) in [6.07, 6.45) is 9.22. The highest BCUT2D eigenvalue weighted by atomic mass is 14.9. The van der Waals surface area contributed by atoms with Crippen molar-refractivity contribution in [1.82, 2.24) is 4.40 Å². The molecule has 0 bridgehead atoms. The Kier molecular flexibility index (Phi) is 15.1. The first-order chi connectivity index (χ1) is 29.5. The first-order valence-electron chi connectivity index (χ1n) is 20.9. The van der Waals surface area contributed by atoms with Gasteiger partial charge in [-0.3, -0.25) is 15.0 Å². The average molecular weight is 785 g/mol. The molecule has 8 aromatic rings. The van der Waals surface area contributed by atoms with Gasteiger partial charge in [0.05, 0.1) is 30.7 Å². The fourth-order valence-corrected chi connectivity index (χ4v) is 7.93. The first-order valence-corrected chi connectivity index (χ1v) is 20.9. The summed E-state index contributed by atoms with van der Waals surface area (Å²) in [4.78, 5) is 11.6. The summed E-state index contributed by atoms with van der Waals surface area (Å²) in [5.74, 6) is 0. The molecule has 1 aliphatic rings. The summed E-state index contributed by atoms with van der Waals surface area (Å²) in [7, 11) is 0. The number of fused-ring (bicyclic) bond motifs is 5. The zero-order chi connectivity index (χ0) is 42.3. The Balaban J connectivity index is 0.000000248. The lowest BCUT2D eigenvalue weighted by molar-refractivity contribution is 1.04. The molecule has 2 heterocycles. The molecule has 2 aromatic heterocycles. The largest absolute Gasteiger partial charge is 0.312 e. The van der Waals surface area contributed by atoms with Gasteiger partial charge in [-0.2, -0.15) is 0 Å². The van der Waals surface area contributed by atoms with Crippen molar-refractivity contribution in [3.8, 4) is 22.3 Å². The van der Waals surface area contributed by atoms with Crippen LogP contribution in [0.3, 0.4) is 0 Å². The number of hydrogen-bond donors (Lipinski definition) is 0. The molecule has 0 unspecified atom stereocenters. The summed E-state index contributed by atoms with van der Waals surface area (Å²) in [6, 6.07) is 53.5. The Bertz CT molecular complexity index is 2710. The second-order valence-corrected chi connectivity index (χ2v) is 14.6. The van der Waals surface area contributed by atoms with Gasteiger partial charge in [-0.25, -0.2) is 0 Å². The molecule has 0 spiro atoms. The maximum Gasteiger partial charge on any atom is 0.0632 e. The first kappa shape index (κ1) is 42.7. The maximum atomic E-state index is 4.05. The molecule has 4 heteroatoms. The van der Waals surface area contributed by atoms with Gasteiger partial charge >= 0.3 is 0 Å². The lowest BCUT2D eigenvalue weighted by Crippen LogP contribution is -1.99. The smallest absolute Gasteiger partial charge is 0.0632 e. The Morgan fingerprint density at radius 2 is 1.07 bits per heavy atom. The van der Waals surface area contributed by atoms with Crippen molar-refractivity contribution in [3.63, 3.8) is 0 Å². The van der Waals surface area contributed by atoms with E-state index in [1.54, 1.807) is 0 Å². The van der Waals surface area contributed by atoms with Gasteiger partial charge in [0, 0.05) is 27.6 Å². The number of para-hydroxylation sites is 1. The number of aliphatic imine (C=N–C) groups is 3. The molecule has 0 atom stereocenters. The summed E-state index contributed by atoms with van der Waals surface area (Å²) in [5.41, 5.74) is 16.4. The SMILES string of the molecule is C=NCc1ccc(-c2ccc3c(-c4ccccc4C)c(C)n4c5ccccc5c(C5=CCCC=C5)c4c3c2)cc1.C=NCc1ccccc1.C=NCc1ccccc1.CC. The van der Waals surface area contributed by atoms with Gasteiger partial charge in [0.25, 0.3) is 0 Å². The zero-order valence-electron chi connectivity index (χ0n) is 35.6. The molecule has 0 amide bonds. The number of aryl methyl sites for hydroxylation is 2. The molecule has 300 valence electrons. The Morgan fingerprint density at radius 3 is 1.65 bits per heavy atom. The predicted octanol–water partition coefficient (Wildman–Crippen LogP) is 14.9. The van der Waals surface area contributed by atoms with Crippen LogP contribution in [0.4, 0.5) is 0 Å². The van der Waals surface area contributed by atoms with Crippen LogP contribution >= 0.6 is 0 Å². The van der Waals surface area contributed by atoms with Crippen LogP contribution in [0.15, 0.2) is 185 Å². The van der Waals surface area contributed by atoms with E-state index < -0.39 is 0 Å². The van der Waals surface area contributed by atoms with Crippen molar-refractivity contribution in [2.24, 2.45) is 15.0 Å². The minimum atomic E-state index is 0.639. The molecular weight excluding hydrogens is 729 g/mol. The number of benzene rings is 6. The zero-order valence-corrected chi connectivity index (χ0v) is 35.6. The van der Waals surface area contributed by atoms with Crippen LogP contribution in [0.25, 0.3) is 55.0 Å². The van der Waals surface area contributed by atoms with Crippen molar-refractivity contribution in [2.75, 3.05) is 0 Å². The van der Waals surface area contributed by atoms with Gasteiger partial charge in [0.1, 0.15) is 0 Å². The van der Waals surface area contributed by atoms with Crippen LogP contribution in [-0.4, -0.2) is 24.6 Å². The third-order valence-electron chi connectivity index (χ3n) is 10.7. The molecule has 60 heavy (non-hydrogen) atoms. The number of allylic oxidation sites excluding steroid dienone is 4. The standard InChI is InChI=1S/C38H32N2.2C8H9N.C2H6/c1-25-11-7-8-14-31(25)36-26(2)40-35-16-10-9-15-33(35)37(29-12-5-4-6-13-29)38(40)34-23-30(21-22-32(34)36)28-19-17-27(18-20-28)24-39-3;2*1-9-7-8-5-3-2-4-6-8;1-2/h5,7-23H,3-4,6,24H2,1-2H3;2*2-6H,1,7H2;1-2H3. The average Bonchev–Trinajstić information content (AvgIpc) is 3.66. The molecule has 0 radical (unpaired) electrons. The Labute approximate surface area is 356 Å². The number of rotatable bonds is 9. The van der Waals surface area contributed by atoms with E-state index in [-0.39, 0.29) is 0 Å². The fraction of sp³-hybridized carbons (Fsp3) is 0.161. The van der Waals surface area contributed by atoms with Crippen molar-refractivity contribution in [3.05, 3.63) is 203 Å². The van der Waals surface area contributed by atoms with Gasteiger partial charge < -0.3 is 4.40 Å². The quantitative estimate of drug-likeness (QED) is 0.131. The molecule has 0 aliphatic heterocycles. The van der Waals surface area contributed by atoms with E-state index in [2.05, 4.69) is 163 Å². The molecule has 9 rings (SSSR count). The van der Waals surface area contributed by atoms with E-state index in [1.807, 2.05) is 74.5 Å². The molecular formula is C56H56N4. The molecule has 0 N–H and O–H groups in total. The van der Waals surface area contributed by atoms with Gasteiger partial charge in [-0.1, -0.05) is 172 Å². The molecule has 0 saturated carbocycles. The van der Waals surface area contributed by atoms with E-state index in [1.165, 1.54) is 88.5 Å². The normalized spacial score (nSPS) is 11.6. The van der Waals surface area contributed by atoms with Crippen molar-refractivity contribution in [2.45, 2.75) is 60.2 Å². The molecule has 0 saturated heterocycles. The van der Waals surface area contributed by atoms with Crippen LogP contribution < -0.4 is 0 Å². The Hall–Kier alpha value is -6.91. The summed E-state index contributed by atoms with van der Waals surface area (Å²) < 4.78 is 2.51. The highest BCUT2D eigenvalue weighted by molar-refractivity contribution is 6.16. The van der Waals surface area contributed by atoms with Gasteiger partial charge in [-0.05, 0) is 109 Å². The maximum absolute atomic E-state index is 4.05. The minimum absolute atomic E-state index is 0.639. The summed E-state index contributed by atoms with van der Waals surface area (Å²) in [5, 5.41) is 3.88. The highest BCUT2D eigenvalue weighted by Crippen LogP contribution is 2.44. The molecule has 0 fully saturated rings. The van der Waals surface area contributed by atoms with Crippen molar-refractivity contribution in [1.29, 1.82) is 0 Å². The molecule has 1 aliphatic carbocycles. The van der Waals surface area contributed by atoms with Crippen LogP contribution in [0.5, 0.6) is 0 Å². The second-order valence-electron chi connectivity index (χ2n) is 14.6. The van der Waals surface area contributed by atoms with Crippen molar-refractivity contribution >= 4 is 52.9 Å². The second kappa shape index (κ2) is 21.2. The van der Waals surface area contributed by atoms with Crippen LogP contribution in [-0.2, 0) is 19.6 Å². The van der Waals surface area contributed by atoms with Gasteiger partial charge in [0.2, 0.25) is 0 Å². The number of nitrogens with zero attached hydrogens (tertiary/aromatic N) is 4. The minimum Gasteiger partial charge on any atom is -0.312 e. The van der Waals surface area contributed by atoms with E-state index in [4.69, 9.17) is 0 Å². The van der Waals surface area contributed by atoms with Crippen molar-refractivity contribution < 1.29 is 0 Å². The van der Waals surface area contributed by atoms with E-state index in [9.17, 15) is 0 Å². The Morgan fingerprint density at radius 1 is 0.517 bits per heavy atom. The van der Waals surface area contributed by atoms with Gasteiger partial charge in [-0.15, -0.1) is 0 Å². The summed E-state index contributed by atoms with van der Waals surface area (Å²) in [6.45, 7) is 21.1. The van der Waals surface area contributed by atoms with E-state index in [0.29, 0.717) is 6.54 Å². The van der Waals surface area contributed by atoms with Gasteiger partial charge in [0.15, 0.2) is 0 Å². The third-order valence-corrected chi connectivity index (χ3v) is 10.7. The summed E-state index contributed by atoms with van der Waals surface area (Å²) >= 11 is 0. The molecule has 4 nitrogen and oxygen atoms in total. The monoisotopic (exact) mass is 784 g/mol. The fourth-order valence-electron chi connectivity index (χ4n) is 7.93. The van der Waals surface area contributed by atoms with Crippen LogP contribution in [0, 0.1) is 13.8 Å². The van der Waals surface area contributed by atoms with E-state index >= 15 is 0 Å². The molecule has 6 aromatic carbocycles. The number of aromatic nitrogens is 1. The van der Waals surface area contributed by atoms with Crippen LogP contribution in [0.2, 0.25) is 0 Å². The highest BCUT2D eigenvalue weighted by Gasteiger charge is 2.23. The van der Waals surface area contributed by atoms with E-state index in [0.717, 1.165) is 25.9 Å². The third kappa shape index (κ3) is 9.68. The number of pyridine rings is 1. The lowest BCUT2D eigenvalue weighted by atomic mass is 9.90.